The standard InChI is InChI=1S/C13H17BrN2O/c1-15-10-5-4-8-16(9-10)13(17)11-6-2-3-7-12(11)14/h2-3,6-7,10,15H,4-5,8-9H2,1H3/t10-/m1/s1. The van der Waals surface area contributed by atoms with Gasteiger partial charge in [0.05, 0.1) is 5.56 Å². The van der Waals surface area contributed by atoms with Gasteiger partial charge in [0.2, 0.25) is 0 Å². The van der Waals surface area contributed by atoms with E-state index in [9.17, 15) is 4.79 Å². The molecular formula is C13H17BrN2O. The molecule has 1 atom stereocenters. The lowest BCUT2D eigenvalue weighted by Crippen LogP contribution is -2.47. The molecule has 1 aromatic carbocycles. The summed E-state index contributed by atoms with van der Waals surface area (Å²) in [4.78, 5) is 14.3. The van der Waals surface area contributed by atoms with Crippen LogP contribution >= 0.6 is 15.9 Å². The summed E-state index contributed by atoms with van der Waals surface area (Å²) in [7, 11) is 1.96. The van der Waals surface area contributed by atoms with Crippen LogP contribution in [0.3, 0.4) is 0 Å². The van der Waals surface area contributed by atoms with Crippen molar-refractivity contribution in [3.05, 3.63) is 34.3 Å². The summed E-state index contributed by atoms with van der Waals surface area (Å²) < 4.78 is 0.872. The van der Waals surface area contributed by atoms with Crippen molar-refractivity contribution in [2.24, 2.45) is 0 Å². The van der Waals surface area contributed by atoms with Crippen LogP contribution in [0.1, 0.15) is 23.2 Å². The van der Waals surface area contributed by atoms with Gasteiger partial charge < -0.3 is 10.2 Å². The maximum Gasteiger partial charge on any atom is 0.255 e. The summed E-state index contributed by atoms with van der Waals surface area (Å²) in [5, 5.41) is 3.25. The Balaban J connectivity index is 2.12. The number of benzene rings is 1. The van der Waals surface area contributed by atoms with Crippen LogP contribution < -0.4 is 5.32 Å². The largest absolute Gasteiger partial charge is 0.337 e. The van der Waals surface area contributed by atoms with E-state index in [-0.39, 0.29) is 5.91 Å². The lowest BCUT2D eigenvalue weighted by molar-refractivity contribution is 0.0697. The molecule has 1 aromatic rings. The highest BCUT2D eigenvalue weighted by Gasteiger charge is 2.24. The fourth-order valence-electron chi connectivity index (χ4n) is 2.20. The van der Waals surface area contributed by atoms with Gasteiger partial charge in [-0.2, -0.15) is 0 Å². The molecule has 0 spiro atoms. The smallest absolute Gasteiger partial charge is 0.255 e. The van der Waals surface area contributed by atoms with Crippen LogP contribution in [0.15, 0.2) is 28.7 Å². The van der Waals surface area contributed by atoms with Crippen LogP contribution in [0.5, 0.6) is 0 Å². The van der Waals surface area contributed by atoms with Gasteiger partial charge in [-0.1, -0.05) is 12.1 Å². The summed E-state index contributed by atoms with van der Waals surface area (Å²) in [6.07, 6.45) is 2.22. The van der Waals surface area contributed by atoms with Crippen LogP contribution in [0.2, 0.25) is 0 Å². The molecule has 0 radical (unpaired) electrons. The minimum absolute atomic E-state index is 0.123. The number of carbonyl (C=O) groups is 1. The molecule has 1 fully saturated rings. The quantitative estimate of drug-likeness (QED) is 0.908. The van der Waals surface area contributed by atoms with E-state index in [0.29, 0.717) is 6.04 Å². The summed E-state index contributed by atoms with van der Waals surface area (Å²) in [5.74, 6) is 0.123. The first-order chi connectivity index (χ1) is 8.22. The van der Waals surface area contributed by atoms with Gasteiger partial charge >= 0.3 is 0 Å². The van der Waals surface area contributed by atoms with Gasteiger partial charge in [0.1, 0.15) is 0 Å². The van der Waals surface area contributed by atoms with E-state index in [0.717, 1.165) is 36.0 Å². The van der Waals surface area contributed by atoms with Crippen LogP contribution in [0.4, 0.5) is 0 Å². The van der Waals surface area contributed by atoms with E-state index in [4.69, 9.17) is 0 Å². The van der Waals surface area contributed by atoms with Crippen molar-refractivity contribution in [3.63, 3.8) is 0 Å². The second kappa shape index (κ2) is 5.65. The molecule has 1 amide bonds. The Kier molecular flexibility index (Phi) is 4.18. The van der Waals surface area contributed by atoms with Crippen molar-refractivity contribution in [1.82, 2.24) is 10.2 Å². The fourth-order valence-corrected chi connectivity index (χ4v) is 2.66. The molecule has 0 saturated carbocycles. The Morgan fingerprint density at radius 1 is 1.47 bits per heavy atom. The molecule has 1 heterocycles. The van der Waals surface area contributed by atoms with Crippen LogP contribution in [0.25, 0.3) is 0 Å². The first-order valence-corrected chi connectivity index (χ1v) is 6.72. The third-order valence-corrected chi connectivity index (χ3v) is 3.91. The predicted octanol–water partition coefficient (Wildman–Crippen LogP) is 2.27. The number of hydrogen-bond donors (Lipinski definition) is 1. The molecule has 2 rings (SSSR count). The Labute approximate surface area is 110 Å². The zero-order valence-electron chi connectivity index (χ0n) is 9.95. The first kappa shape index (κ1) is 12.6. The van der Waals surface area contributed by atoms with E-state index in [1.54, 1.807) is 0 Å². The molecule has 92 valence electrons. The highest BCUT2D eigenvalue weighted by Crippen LogP contribution is 2.20. The van der Waals surface area contributed by atoms with Crippen LogP contribution in [0, 0.1) is 0 Å². The van der Waals surface area contributed by atoms with Gasteiger partial charge in [0.25, 0.3) is 5.91 Å². The normalized spacial score (nSPS) is 20.4. The number of nitrogens with zero attached hydrogens (tertiary/aromatic N) is 1. The zero-order chi connectivity index (χ0) is 12.3. The number of hydrogen-bond acceptors (Lipinski definition) is 2. The molecule has 4 heteroatoms. The summed E-state index contributed by atoms with van der Waals surface area (Å²) in [5.41, 5.74) is 0.754. The van der Waals surface area contributed by atoms with Gasteiger partial charge in [-0.3, -0.25) is 4.79 Å². The second-order valence-electron chi connectivity index (χ2n) is 4.36. The fraction of sp³-hybridized carbons (Fsp3) is 0.462. The summed E-state index contributed by atoms with van der Waals surface area (Å²) >= 11 is 3.43. The number of nitrogens with one attached hydrogen (secondary N) is 1. The molecule has 0 unspecified atom stereocenters. The minimum atomic E-state index is 0.123. The van der Waals surface area contributed by atoms with Crippen LogP contribution in [-0.4, -0.2) is 37.0 Å². The number of piperidine rings is 1. The van der Waals surface area contributed by atoms with Gasteiger partial charge in [-0.05, 0) is 48.0 Å². The number of rotatable bonds is 2. The zero-order valence-corrected chi connectivity index (χ0v) is 11.5. The van der Waals surface area contributed by atoms with Gasteiger partial charge in [0, 0.05) is 23.6 Å². The van der Waals surface area contributed by atoms with Crippen molar-refractivity contribution >= 4 is 21.8 Å². The van der Waals surface area contributed by atoms with E-state index >= 15 is 0 Å². The van der Waals surface area contributed by atoms with Crippen molar-refractivity contribution in [2.75, 3.05) is 20.1 Å². The molecule has 0 aliphatic carbocycles. The average Bonchev–Trinajstić information content (AvgIpc) is 2.38. The predicted molar refractivity (Wildman–Crippen MR) is 72.1 cm³/mol. The Bertz CT molecular complexity index is 408. The number of likely N-dealkylation sites (N-methyl/N-ethyl adjacent to an activating group) is 1. The summed E-state index contributed by atoms with van der Waals surface area (Å²) in [6, 6.07) is 8.03. The maximum absolute atomic E-state index is 12.4. The average molecular weight is 297 g/mol. The van der Waals surface area contributed by atoms with E-state index in [1.165, 1.54) is 0 Å². The molecule has 0 aromatic heterocycles. The van der Waals surface area contributed by atoms with Gasteiger partial charge in [0.15, 0.2) is 0 Å². The maximum atomic E-state index is 12.4. The van der Waals surface area contributed by atoms with Crippen molar-refractivity contribution in [2.45, 2.75) is 18.9 Å². The lowest BCUT2D eigenvalue weighted by Gasteiger charge is -2.32. The van der Waals surface area contributed by atoms with Crippen molar-refractivity contribution < 1.29 is 4.79 Å². The number of likely N-dealkylation sites (tertiary alicyclic amines) is 1. The number of carbonyl (C=O) groups excluding carboxylic acids is 1. The minimum Gasteiger partial charge on any atom is -0.337 e. The monoisotopic (exact) mass is 296 g/mol. The number of halogens is 1. The topological polar surface area (TPSA) is 32.3 Å². The Morgan fingerprint density at radius 2 is 2.24 bits per heavy atom. The van der Waals surface area contributed by atoms with Crippen molar-refractivity contribution in [3.8, 4) is 0 Å². The molecule has 1 saturated heterocycles. The highest BCUT2D eigenvalue weighted by atomic mass is 79.9. The van der Waals surface area contributed by atoms with Crippen LogP contribution in [-0.2, 0) is 0 Å². The van der Waals surface area contributed by atoms with Gasteiger partial charge in [-0.25, -0.2) is 0 Å². The molecule has 0 bridgehead atoms. The first-order valence-electron chi connectivity index (χ1n) is 5.93. The number of amides is 1. The summed E-state index contributed by atoms with van der Waals surface area (Å²) in [6.45, 7) is 1.66. The second-order valence-corrected chi connectivity index (χ2v) is 5.21. The SMILES string of the molecule is CN[C@@H]1CCCN(C(=O)c2ccccc2Br)C1. The molecular weight excluding hydrogens is 280 g/mol. The lowest BCUT2D eigenvalue weighted by atomic mass is 10.0. The third kappa shape index (κ3) is 2.87. The third-order valence-electron chi connectivity index (χ3n) is 3.22. The molecule has 17 heavy (non-hydrogen) atoms. The highest BCUT2D eigenvalue weighted by molar-refractivity contribution is 9.10. The van der Waals surface area contributed by atoms with Gasteiger partial charge in [-0.15, -0.1) is 0 Å². The van der Waals surface area contributed by atoms with E-state index in [2.05, 4.69) is 21.2 Å². The Hall–Kier alpha value is -0.870. The molecule has 3 nitrogen and oxygen atoms in total. The van der Waals surface area contributed by atoms with E-state index < -0.39 is 0 Å². The van der Waals surface area contributed by atoms with Crippen molar-refractivity contribution in [1.29, 1.82) is 0 Å². The molecule has 1 aliphatic rings. The molecule has 1 aliphatic heterocycles. The molecule has 1 N–H and O–H groups in total. The Morgan fingerprint density at radius 3 is 2.94 bits per heavy atom. The van der Waals surface area contributed by atoms with E-state index in [1.807, 2.05) is 36.2 Å².